The van der Waals surface area contributed by atoms with E-state index in [1.54, 1.807) is 0 Å². The average Bonchev–Trinajstić information content (AvgIpc) is 2.76. The molecule has 2 aromatic rings. The number of aromatic nitrogens is 2. The maximum absolute atomic E-state index is 15.0. The van der Waals surface area contributed by atoms with Crippen LogP contribution in [-0.4, -0.2) is 63.2 Å². The molecule has 1 aliphatic rings. The van der Waals surface area contributed by atoms with E-state index in [9.17, 15) is 13.8 Å². The number of amides is 1. The second-order valence-electron chi connectivity index (χ2n) is 6.46. The van der Waals surface area contributed by atoms with Crippen LogP contribution in [0.1, 0.15) is 5.56 Å². The van der Waals surface area contributed by atoms with Gasteiger partial charge in [-0.3, -0.25) is 5.41 Å². The second kappa shape index (κ2) is 9.97. The van der Waals surface area contributed by atoms with Crippen molar-refractivity contribution in [1.82, 2.24) is 15.0 Å². The fourth-order valence-electron chi connectivity index (χ4n) is 2.78. The van der Waals surface area contributed by atoms with Crippen LogP contribution < -0.4 is 10.6 Å². The molecule has 1 amide bonds. The molecular weight excluding hydrogens is 450 g/mol. The third-order valence-electron chi connectivity index (χ3n) is 4.25. The first-order valence-electron chi connectivity index (χ1n) is 9.14. The number of ether oxygens (including phenoxy) is 2. The Bertz CT molecular complexity index is 1030. The van der Waals surface area contributed by atoms with Crippen molar-refractivity contribution in [1.29, 1.82) is 5.41 Å². The predicted molar refractivity (Wildman–Crippen MR) is 108 cm³/mol. The van der Waals surface area contributed by atoms with E-state index in [1.165, 1.54) is 30.6 Å². The number of phosphoric acid groups is 1. The number of hydrogen-bond donors (Lipinski definition) is 4. The Morgan fingerprint density at radius 2 is 1.97 bits per heavy atom. The van der Waals surface area contributed by atoms with Crippen LogP contribution in [0.15, 0.2) is 30.6 Å². The summed E-state index contributed by atoms with van der Waals surface area (Å²) in [6.07, 6.45) is 1.43. The summed E-state index contributed by atoms with van der Waals surface area (Å²) in [4.78, 5) is 40.0. The smallest absolute Gasteiger partial charge is 0.443 e. The zero-order valence-electron chi connectivity index (χ0n) is 16.5. The van der Waals surface area contributed by atoms with E-state index >= 15 is 0 Å². The van der Waals surface area contributed by atoms with E-state index in [-0.39, 0.29) is 16.2 Å². The number of anilines is 1. The third-order valence-corrected chi connectivity index (χ3v) is 4.62. The minimum absolute atomic E-state index is 0.0483. The maximum Gasteiger partial charge on any atom is 0.491 e. The standard InChI is InChI=1S/C17H20FN6O7P/c18-14-11(10-30-17(25)24(15(19)20)31-32(26,27)28)2-1-3-13(14)12-8-21-16(22-9-12)23-4-6-29-7-5-23/h1-3,8-9H,4-7,10H2,(H3,19,20)(H2,26,27,28). The Morgan fingerprint density at radius 1 is 1.31 bits per heavy atom. The van der Waals surface area contributed by atoms with Gasteiger partial charge >= 0.3 is 13.9 Å². The van der Waals surface area contributed by atoms with Crippen molar-refractivity contribution < 1.29 is 37.6 Å². The first-order valence-corrected chi connectivity index (χ1v) is 10.7. The summed E-state index contributed by atoms with van der Waals surface area (Å²) in [7, 11) is -5.19. The number of hydroxylamine groups is 2. The molecule has 172 valence electrons. The number of rotatable bonds is 6. The van der Waals surface area contributed by atoms with Gasteiger partial charge in [0.15, 0.2) is 0 Å². The minimum Gasteiger partial charge on any atom is -0.443 e. The van der Waals surface area contributed by atoms with Gasteiger partial charge in [-0.05, 0) is 0 Å². The van der Waals surface area contributed by atoms with Gasteiger partial charge in [0.1, 0.15) is 12.4 Å². The highest BCUT2D eigenvalue weighted by Crippen LogP contribution is 2.37. The number of nitrogens with zero attached hydrogens (tertiary/aromatic N) is 4. The largest absolute Gasteiger partial charge is 0.491 e. The number of carbonyl (C=O) groups excluding carboxylic acids is 1. The molecule has 3 rings (SSSR count). The van der Waals surface area contributed by atoms with E-state index in [2.05, 4.69) is 14.6 Å². The second-order valence-corrected chi connectivity index (χ2v) is 7.60. The van der Waals surface area contributed by atoms with Crippen LogP contribution >= 0.6 is 7.82 Å². The van der Waals surface area contributed by atoms with Crippen molar-refractivity contribution in [2.24, 2.45) is 5.73 Å². The van der Waals surface area contributed by atoms with Crippen LogP contribution in [0.25, 0.3) is 11.1 Å². The molecule has 15 heteroatoms. The van der Waals surface area contributed by atoms with Crippen molar-refractivity contribution in [2.45, 2.75) is 6.61 Å². The number of guanidine groups is 1. The van der Waals surface area contributed by atoms with Gasteiger partial charge in [0.25, 0.3) is 0 Å². The van der Waals surface area contributed by atoms with E-state index in [1.807, 2.05) is 4.90 Å². The molecule has 2 heterocycles. The molecule has 0 unspecified atom stereocenters. The topological polar surface area (TPSA) is 184 Å². The zero-order valence-corrected chi connectivity index (χ0v) is 17.4. The van der Waals surface area contributed by atoms with Crippen LogP contribution in [0.3, 0.4) is 0 Å². The fourth-order valence-corrected chi connectivity index (χ4v) is 3.15. The number of morpholine rings is 1. The van der Waals surface area contributed by atoms with Gasteiger partial charge in [-0.2, -0.15) is 4.62 Å². The Kier molecular flexibility index (Phi) is 7.33. The van der Waals surface area contributed by atoms with Gasteiger partial charge in [-0.15, -0.1) is 5.06 Å². The van der Waals surface area contributed by atoms with Crippen molar-refractivity contribution in [3.8, 4) is 11.1 Å². The molecule has 0 bridgehead atoms. The van der Waals surface area contributed by atoms with Crippen LogP contribution in [0.4, 0.5) is 15.1 Å². The van der Waals surface area contributed by atoms with Crippen LogP contribution in [-0.2, 0) is 25.3 Å². The first kappa shape index (κ1) is 23.5. The van der Waals surface area contributed by atoms with E-state index in [4.69, 9.17) is 30.4 Å². The van der Waals surface area contributed by atoms with Gasteiger partial charge in [-0.25, -0.2) is 23.7 Å². The quantitative estimate of drug-likeness (QED) is 0.204. The van der Waals surface area contributed by atoms with E-state index < -0.39 is 32.3 Å². The van der Waals surface area contributed by atoms with Gasteiger partial charge in [0.2, 0.25) is 11.9 Å². The molecule has 5 N–H and O–H groups in total. The molecule has 0 radical (unpaired) electrons. The highest BCUT2D eigenvalue weighted by atomic mass is 31.2. The Balaban J connectivity index is 1.72. The molecule has 1 fully saturated rings. The molecule has 0 spiro atoms. The van der Waals surface area contributed by atoms with Gasteiger partial charge in [0.05, 0.1) is 13.2 Å². The molecule has 0 aliphatic carbocycles. The molecule has 32 heavy (non-hydrogen) atoms. The van der Waals surface area contributed by atoms with Crippen molar-refractivity contribution in [3.05, 3.63) is 42.0 Å². The predicted octanol–water partition coefficient (Wildman–Crippen LogP) is 0.976. The van der Waals surface area contributed by atoms with Crippen molar-refractivity contribution in [2.75, 3.05) is 31.2 Å². The summed E-state index contributed by atoms with van der Waals surface area (Å²) in [5, 5.41) is 6.93. The monoisotopic (exact) mass is 470 g/mol. The number of nitrogens with one attached hydrogen (secondary N) is 1. The van der Waals surface area contributed by atoms with Gasteiger partial charge in [-0.1, -0.05) is 18.2 Å². The zero-order chi connectivity index (χ0) is 23.3. The summed E-state index contributed by atoms with van der Waals surface area (Å²) in [6.45, 7) is 1.82. The fraction of sp³-hybridized carbons (Fsp3) is 0.294. The molecule has 0 atom stereocenters. The number of benzene rings is 1. The summed E-state index contributed by atoms with van der Waals surface area (Å²) in [5.41, 5.74) is 5.55. The normalized spacial score (nSPS) is 14.2. The van der Waals surface area contributed by atoms with Crippen LogP contribution in [0.5, 0.6) is 0 Å². The van der Waals surface area contributed by atoms with Crippen molar-refractivity contribution in [3.63, 3.8) is 0 Å². The summed E-state index contributed by atoms with van der Waals surface area (Å²) < 4.78 is 39.9. The number of nitrogens with two attached hydrogens (primary N) is 1. The molecular formula is C17H20FN6O7P. The first-order chi connectivity index (χ1) is 15.2. The van der Waals surface area contributed by atoms with E-state index in [0.717, 1.165) is 0 Å². The Morgan fingerprint density at radius 3 is 2.56 bits per heavy atom. The summed E-state index contributed by atoms with van der Waals surface area (Å²) >= 11 is 0. The summed E-state index contributed by atoms with van der Waals surface area (Å²) in [5.74, 6) is -1.35. The lowest BCUT2D eigenvalue weighted by Gasteiger charge is -2.26. The number of carbonyl (C=O) groups is 1. The molecule has 13 nitrogen and oxygen atoms in total. The highest BCUT2D eigenvalue weighted by Gasteiger charge is 2.29. The van der Waals surface area contributed by atoms with Crippen LogP contribution in [0.2, 0.25) is 0 Å². The number of hydrogen-bond acceptors (Lipinski definition) is 9. The average molecular weight is 470 g/mol. The Labute approximate surface area is 181 Å². The molecule has 1 saturated heterocycles. The molecule has 1 aliphatic heterocycles. The lowest BCUT2D eigenvalue weighted by molar-refractivity contribution is -0.0190. The lowest BCUT2D eigenvalue weighted by Crippen LogP contribution is -2.40. The Hall–Kier alpha value is -3.16. The molecule has 0 saturated carbocycles. The minimum atomic E-state index is -5.19. The van der Waals surface area contributed by atoms with E-state index in [0.29, 0.717) is 37.8 Å². The SMILES string of the molecule is N=C(N)N(OP(=O)(O)O)C(=O)OCc1cccc(-c2cnc(N3CCOCC3)nc2)c1F. The summed E-state index contributed by atoms with van der Waals surface area (Å²) in [6, 6.07) is 4.36. The maximum atomic E-state index is 15.0. The molecule has 1 aromatic heterocycles. The third kappa shape index (κ3) is 5.96. The molecule has 1 aromatic carbocycles. The lowest BCUT2D eigenvalue weighted by atomic mass is 10.1. The van der Waals surface area contributed by atoms with Gasteiger partial charge in [0, 0.05) is 42.2 Å². The number of halogens is 1. The van der Waals surface area contributed by atoms with Crippen molar-refractivity contribution >= 4 is 25.8 Å². The van der Waals surface area contributed by atoms with Crippen LogP contribution in [0, 0.1) is 11.2 Å². The highest BCUT2D eigenvalue weighted by molar-refractivity contribution is 7.46. The van der Waals surface area contributed by atoms with Gasteiger partial charge < -0.3 is 29.9 Å².